The molecule has 1 heterocycles. The molecule has 0 atom stereocenters. The fraction of sp³-hybridized carbons (Fsp3) is 0.316. The second-order valence-electron chi connectivity index (χ2n) is 6.41. The Morgan fingerprint density at radius 3 is 2.35 bits per heavy atom. The van der Waals surface area contributed by atoms with Gasteiger partial charge in [-0.1, -0.05) is 41.9 Å². The molecule has 1 amide bonds. The van der Waals surface area contributed by atoms with Crippen LogP contribution in [0.15, 0.2) is 53.4 Å². The number of aryl methyl sites for hydroxylation is 1. The van der Waals surface area contributed by atoms with Crippen molar-refractivity contribution < 1.29 is 13.2 Å². The average molecular weight is 393 g/mol. The third-order valence-electron chi connectivity index (χ3n) is 4.68. The van der Waals surface area contributed by atoms with Gasteiger partial charge in [-0.05, 0) is 43.5 Å². The standard InChI is InChI=1S/C19H21ClN2O3S/c1-14-6-2-4-8-17(14)21-19(23)15-10-12-22(13-11-15)26(24,25)18-9-5-3-7-16(18)20/h2-9,15H,10-13H2,1H3,(H,21,23). The summed E-state index contributed by atoms with van der Waals surface area (Å²) in [5.41, 5.74) is 1.79. The van der Waals surface area contributed by atoms with Crippen LogP contribution >= 0.6 is 11.6 Å². The monoisotopic (exact) mass is 392 g/mol. The number of sulfonamides is 1. The molecule has 2 aromatic rings. The van der Waals surface area contributed by atoms with Crippen LogP contribution < -0.4 is 5.32 Å². The minimum atomic E-state index is -3.64. The molecule has 1 fully saturated rings. The minimum Gasteiger partial charge on any atom is -0.326 e. The molecule has 138 valence electrons. The van der Waals surface area contributed by atoms with E-state index in [1.165, 1.54) is 10.4 Å². The molecule has 0 spiro atoms. The van der Waals surface area contributed by atoms with E-state index < -0.39 is 10.0 Å². The molecule has 1 saturated heterocycles. The van der Waals surface area contributed by atoms with Gasteiger partial charge >= 0.3 is 0 Å². The van der Waals surface area contributed by atoms with E-state index in [1.54, 1.807) is 18.2 Å². The van der Waals surface area contributed by atoms with Crippen molar-refractivity contribution in [2.45, 2.75) is 24.7 Å². The highest BCUT2D eigenvalue weighted by atomic mass is 35.5. The summed E-state index contributed by atoms with van der Waals surface area (Å²) in [7, 11) is -3.64. The molecule has 5 nitrogen and oxygen atoms in total. The van der Waals surface area contributed by atoms with E-state index in [2.05, 4.69) is 5.32 Å². The molecule has 26 heavy (non-hydrogen) atoms. The van der Waals surface area contributed by atoms with Crippen LogP contribution in [0.5, 0.6) is 0 Å². The lowest BCUT2D eigenvalue weighted by Crippen LogP contribution is -2.41. The first-order valence-corrected chi connectivity index (χ1v) is 10.3. The Bertz CT molecular complexity index is 907. The first-order valence-electron chi connectivity index (χ1n) is 8.51. The van der Waals surface area contributed by atoms with Gasteiger partial charge in [-0.25, -0.2) is 8.42 Å². The SMILES string of the molecule is Cc1ccccc1NC(=O)C1CCN(S(=O)(=O)c2ccccc2Cl)CC1. The molecule has 0 radical (unpaired) electrons. The van der Waals surface area contributed by atoms with Crippen LogP contribution in [0.2, 0.25) is 5.02 Å². The number of para-hydroxylation sites is 1. The normalized spacial score (nSPS) is 16.4. The van der Waals surface area contributed by atoms with Crippen molar-refractivity contribution in [1.82, 2.24) is 4.31 Å². The Hall–Kier alpha value is -1.89. The van der Waals surface area contributed by atoms with Gasteiger partial charge in [-0.3, -0.25) is 4.79 Å². The van der Waals surface area contributed by atoms with E-state index in [9.17, 15) is 13.2 Å². The predicted molar refractivity (Wildman–Crippen MR) is 103 cm³/mol. The Morgan fingerprint density at radius 2 is 1.69 bits per heavy atom. The number of hydrogen-bond acceptors (Lipinski definition) is 3. The second kappa shape index (κ2) is 7.78. The summed E-state index contributed by atoms with van der Waals surface area (Å²) in [6.07, 6.45) is 0.975. The Balaban J connectivity index is 1.65. The topological polar surface area (TPSA) is 66.5 Å². The number of carbonyl (C=O) groups excluding carboxylic acids is 1. The molecule has 0 aromatic heterocycles. The number of piperidine rings is 1. The van der Waals surface area contributed by atoms with Gasteiger partial charge in [0.2, 0.25) is 15.9 Å². The van der Waals surface area contributed by atoms with Crippen LogP contribution in [0.1, 0.15) is 18.4 Å². The lowest BCUT2D eigenvalue weighted by atomic mass is 9.97. The highest BCUT2D eigenvalue weighted by molar-refractivity contribution is 7.89. The van der Waals surface area contributed by atoms with Crippen LogP contribution in [0.4, 0.5) is 5.69 Å². The average Bonchev–Trinajstić information content (AvgIpc) is 2.64. The maximum atomic E-state index is 12.8. The number of amides is 1. The molecule has 1 N–H and O–H groups in total. The summed E-state index contributed by atoms with van der Waals surface area (Å²) in [6.45, 7) is 2.55. The van der Waals surface area contributed by atoms with Crippen molar-refractivity contribution in [1.29, 1.82) is 0 Å². The second-order valence-corrected chi connectivity index (χ2v) is 8.73. The third-order valence-corrected chi connectivity index (χ3v) is 7.08. The Labute approximate surface area is 159 Å². The van der Waals surface area contributed by atoms with E-state index in [1.807, 2.05) is 31.2 Å². The first-order chi connectivity index (χ1) is 12.4. The molecule has 0 aliphatic carbocycles. The van der Waals surface area contributed by atoms with E-state index in [0.29, 0.717) is 25.9 Å². The quantitative estimate of drug-likeness (QED) is 0.862. The number of hydrogen-bond donors (Lipinski definition) is 1. The van der Waals surface area contributed by atoms with Gasteiger partial charge in [-0.15, -0.1) is 0 Å². The zero-order valence-corrected chi connectivity index (χ0v) is 16.1. The zero-order valence-electron chi connectivity index (χ0n) is 14.5. The maximum Gasteiger partial charge on any atom is 0.244 e. The van der Waals surface area contributed by atoms with Gasteiger partial charge in [0.15, 0.2) is 0 Å². The van der Waals surface area contributed by atoms with E-state index in [0.717, 1.165) is 11.3 Å². The number of nitrogens with zero attached hydrogens (tertiary/aromatic N) is 1. The molecule has 7 heteroatoms. The number of rotatable bonds is 4. The van der Waals surface area contributed by atoms with Crippen LogP contribution in [-0.2, 0) is 14.8 Å². The molecule has 0 saturated carbocycles. The fourth-order valence-electron chi connectivity index (χ4n) is 3.10. The zero-order chi connectivity index (χ0) is 18.7. The summed E-state index contributed by atoms with van der Waals surface area (Å²) in [5.74, 6) is -0.263. The highest BCUT2D eigenvalue weighted by Gasteiger charge is 2.33. The van der Waals surface area contributed by atoms with Crippen LogP contribution in [0, 0.1) is 12.8 Å². The summed E-state index contributed by atoms with van der Waals surface area (Å²) < 4.78 is 26.9. The summed E-state index contributed by atoms with van der Waals surface area (Å²) in [4.78, 5) is 12.6. The highest BCUT2D eigenvalue weighted by Crippen LogP contribution is 2.28. The van der Waals surface area contributed by atoms with E-state index in [-0.39, 0.29) is 21.7 Å². The summed E-state index contributed by atoms with van der Waals surface area (Å²) in [5, 5.41) is 3.16. The molecular weight excluding hydrogens is 372 g/mol. The smallest absolute Gasteiger partial charge is 0.244 e. The molecule has 0 unspecified atom stereocenters. The van der Waals surface area contributed by atoms with Crippen molar-refractivity contribution in [2.24, 2.45) is 5.92 Å². The lowest BCUT2D eigenvalue weighted by molar-refractivity contribution is -0.120. The molecular formula is C19H21ClN2O3S. The number of benzene rings is 2. The Morgan fingerprint density at radius 1 is 1.08 bits per heavy atom. The third kappa shape index (κ3) is 3.92. The van der Waals surface area contributed by atoms with Crippen molar-refractivity contribution in [2.75, 3.05) is 18.4 Å². The van der Waals surface area contributed by atoms with Crippen molar-refractivity contribution in [3.63, 3.8) is 0 Å². The van der Waals surface area contributed by atoms with Crippen LogP contribution in [-0.4, -0.2) is 31.7 Å². The Kier molecular flexibility index (Phi) is 5.65. The number of anilines is 1. The van der Waals surface area contributed by atoms with Gasteiger partial charge < -0.3 is 5.32 Å². The lowest BCUT2D eigenvalue weighted by Gasteiger charge is -2.30. The van der Waals surface area contributed by atoms with Gasteiger partial charge in [0.25, 0.3) is 0 Å². The molecule has 1 aliphatic rings. The molecule has 2 aromatic carbocycles. The number of carbonyl (C=O) groups is 1. The van der Waals surface area contributed by atoms with Crippen molar-refractivity contribution in [3.05, 3.63) is 59.1 Å². The predicted octanol–water partition coefficient (Wildman–Crippen LogP) is 3.69. The van der Waals surface area contributed by atoms with Crippen LogP contribution in [0.3, 0.4) is 0 Å². The fourth-order valence-corrected chi connectivity index (χ4v) is 5.06. The van der Waals surface area contributed by atoms with E-state index >= 15 is 0 Å². The van der Waals surface area contributed by atoms with Crippen LogP contribution in [0.25, 0.3) is 0 Å². The first kappa shape index (κ1) is 18.9. The number of halogens is 1. The number of nitrogens with one attached hydrogen (secondary N) is 1. The van der Waals surface area contributed by atoms with Crippen molar-refractivity contribution >= 4 is 33.2 Å². The maximum absolute atomic E-state index is 12.8. The van der Waals surface area contributed by atoms with Gasteiger partial charge in [0, 0.05) is 24.7 Å². The van der Waals surface area contributed by atoms with E-state index in [4.69, 9.17) is 11.6 Å². The molecule has 3 rings (SSSR count). The van der Waals surface area contributed by atoms with Gasteiger partial charge in [-0.2, -0.15) is 4.31 Å². The molecule has 1 aliphatic heterocycles. The van der Waals surface area contributed by atoms with Gasteiger partial charge in [0.05, 0.1) is 5.02 Å². The van der Waals surface area contributed by atoms with Crippen molar-refractivity contribution in [3.8, 4) is 0 Å². The minimum absolute atomic E-state index is 0.0610. The van der Waals surface area contributed by atoms with Gasteiger partial charge in [0.1, 0.15) is 4.90 Å². The molecule has 0 bridgehead atoms. The summed E-state index contributed by atoms with van der Waals surface area (Å²) in [6, 6.07) is 14.0. The summed E-state index contributed by atoms with van der Waals surface area (Å²) >= 11 is 6.04. The largest absolute Gasteiger partial charge is 0.326 e.